The highest BCUT2D eigenvalue weighted by Crippen LogP contribution is 2.35. The molecule has 2 aromatic rings. The normalized spacial score (nSPS) is 17.3. The first-order valence-electron chi connectivity index (χ1n) is 7.28. The second-order valence-corrected chi connectivity index (χ2v) is 6.30. The highest BCUT2D eigenvalue weighted by Gasteiger charge is 2.22. The summed E-state index contributed by atoms with van der Waals surface area (Å²) in [5, 5.41) is 4.51. The number of benzene rings is 2. The Hall–Kier alpha value is -1.47. The highest BCUT2D eigenvalue weighted by molar-refractivity contribution is 6.30. The lowest BCUT2D eigenvalue weighted by Crippen LogP contribution is -2.07. The molecule has 2 aromatic carbocycles. The molecule has 0 heterocycles. The summed E-state index contributed by atoms with van der Waals surface area (Å²) >= 11 is 6.07. The maximum absolute atomic E-state index is 6.07. The van der Waals surface area contributed by atoms with Gasteiger partial charge in [0, 0.05) is 10.7 Å². The fourth-order valence-electron chi connectivity index (χ4n) is 2.92. The Kier molecular flexibility index (Phi) is 3.71. The molecule has 0 amide bonds. The van der Waals surface area contributed by atoms with Crippen LogP contribution in [0.3, 0.4) is 0 Å². The lowest BCUT2D eigenvalue weighted by Gasteiger charge is -2.17. The van der Waals surface area contributed by atoms with Crippen LogP contribution >= 0.6 is 11.6 Å². The summed E-state index contributed by atoms with van der Waals surface area (Å²) in [5.41, 5.74) is 5.37. The highest BCUT2D eigenvalue weighted by atomic mass is 35.5. The van der Waals surface area contributed by atoms with Crippen molar-refractivity contribution in [1.82, 2.24) is 0 Å². The van der Waals surface area contributed by atoms with Crippen molar-refractivity contribution in [3.05, 3.63) is 64.2 Å². The summed E-state index contributed by atoms with van der Waals surface area (Å²) in [7, 11) is 0. The van der Waals surface area contributed by atoms with Crippen molar-refractivity contribution in [1.29, 1.82) is 0 Å². The molecule has 20 heavy (non-hydrogen) atoms. The molecule has 0 fully saturated rings. The van der Waals surface area contributed by atoms with Crippen molar-refractivity contribution in [2.24, 2.45) is 0 Å². The van der Waals surface area contributed by atoms with Gasteiger partial charge in [-0.2, -0.15) is 0 Å². The molecule has 0 aliphatic heterocycles. The first-order valence-corrected chi connectivity index (χ1v) is 7.66. The van der Waals surface area contributed by atoms with E-state index in [1.807, 2.05) is 6.07 Å². The lowest BCUT2D eigenvalue weighted by atomic mass is 10.0. The Morgan fingerprint density at radius 1 is 1.15 bits per heavy atom. The van der Waals surface area contributed by atoms with Gasteiger partial charge in [0.2, 0.25) is 0 Å². The van der Waals surface area contributed by atoms with Crippen LogP contribution < -0.4 is 5.32 Å². The molecule has 104 valence electrons. The Morgan fingerprint density at radius 2 is 2.00 bits per heavy atom. The predicted octanol–water partition coefficient (Wildman–Crippen LogP) is 5.56. The van der Waals surface area contributed by atoms with Crippen LogP contribution in [0.15, 0.2) is 42.5 Å². The number of rotatable bonds is 3. The van der Waals surface area contributed by atoms with E-state index < -0.39 is 0 Å². The quantitative estimate of drug-likeness (QED) is 0.778. The van der Waals surface area contributed by atoms with E-state index in [-0.39, 0.29) is 0 Å². The molecule has 2 heteroatoms. The van der Waals surface area contributed by atoms with Crippen LogP contribution in [-0.2, 0) is 6.42 Å². The molecule has 0 radical (unpaired) electrons. The standard InChI is InChI=1S/C18H20ClN/c1-12(2)13-4-3-5-16(11-13)20-18-9-6-14-10-15(19)7-8-17(14)18/h3-5,7-8,10-12,18,20H,6,9H2,1-2H3. The van der Waals surface area contributed by atoms with Crippen LogP contribution in [0.5, 0.6) is 0 Å². The maximum Gasteiger partial charge on any atom is 0.0519 e. The molecule has 0 aromatic heterocycles. The van der Waals surface area contributed by atoms with Gasteiger partial charge in [-0.3, -0.25) is 0 Å². The number of fused-ring (bicyclic) bond motifs is 1. The van der Waals surface area contributed by atoms with Crippen LogP contribution in [-0.4, -0.2) is 0 Å². The van der Waals surface area contributed by atoms with Crippen molar-refractivity contribution >= 4 is 17.3 Å². The third-order valence-corrected chi connectivity index (χ3v) is 4.31. The second-order valence-electron chi connectivity index (χ2n) is 5.86. The van der Waals surface area contributed by atoms with E-state index in [2.05, 4.69) is 55.6 Å². The summed E-state index contributed by atoms with van der Waals surface area (Å²) in [6.45, 7) is 4.46. The van der Waals surface area contributed by atoms with Crippen LogP contribution in [0, 0.1) is 0 Å². The Labute approximate surface area is 126 Å². The van der Waals surface area contributed by atoms with Gasteiger partial charge in [-0.25, -0.2) is 0 Å². The molecule has 1 aliphatic rings. The number of hydrogen-bond acceptors (Lipinski definition) is 1. The van der Waals surface area contributed by atoms with Gasteiger partial charge >= 0.3 is 0 Å². The molecule has 1 N–H and O–H groups in total. The van der Waals surface area contributed by atoms with E-state index in [0.29, 0.717) is 12.0 Å². The third-order valence-electron chi connectivity index (χ3n) is 4.08. The van der Waals surface area contributed by atoms with Gasteiger partial charge in [0.1, 0.15) is 0 Å². The molecule has 1 unspecified atom stereocenters. The molecular weight excluding hydrogens is 266 g/mol. The molecular formula is C18H20ClN. The summed E-state index contributed by atoms with van der Waals surface area (Å²) < 4.78 is 0. The molecule has 1 atom stereocenters. The van der Waals surface area contributed by atoms with Crippen LogP contribution in [0.1, 0.15) is 48.9 Å². The second kappa shape index (κ2) is 5.49. The average molecular weight is 286 g/mol. The maximum atomic E-state index is 6.07. The molecule has 0 bridgehead atoms. The number of hydrogen-bond donors (Lipinski definition) is 1. The third kappa shape index (κ3) is 2.69. The minimum Gasteiger partial charge on any atom is -0.378 e. The van der Waals surface area contributed by atoms with E-state index >= 15 is 0 Å². The minimum absolute atomic E-state index is 0.407. The minimum atomic E-state index is 0.407. The summed E-state index contributed by atoms with van der Waals surface area (Å²) in [4.78, 5) is 0. The topological polar surface area (TPSA) is 12.0 Å². The molecule has 0 saturated carbocycles. The molecule has 3 rings (SSSR count). The monoisotopic (exact) mass is 285 g/mol. The van der Waals surface area contributed by atoms with Crippen LogP contribution in [0.4, 0.5) is 5.69 Å². The number of nitrogens with one attached hydrogen (secondary N) is 1. The van der Waals surface area contributed by atoms with Gasteiger partial charge in [0.05, 0.1) is 6.04 Å². The van der Waals surface area contributed by atoms with Crippen LogP contribution in [0.2, 0.25) is 5.02 Å². The first kappa shape index (κ1) is 13.5. The van der Waals surface area contributed by atoms with E-state index in [4.69, 9.17) is 11.6 Å². The number of halogens is 1. The number of aryl methyl sites for hydroxylation is 1. The smallest absolute Gasteiger partial charge is 0.0519 e. The SMILES string of the molecule is CC(C)c1cccc(NC2CCc3cc(Cl)ccc32)c1. The number of anilines is 1. The Bertz CT molecular complexity index is 619. The Balaban J connectivity index is 1.82. The average Bonchev–Trinajstić information content (AvgIpc) is 2.81. The van der Waals surface area contributed by atoms with Gasteiger partial charge in [-0.1, -0.05) is 43.6 Å². The predicted molar refractivity (Wildman–Crippen MR) is 86.7 cm³/mol. The van der Waals surface area contributed by atoms with Gasteiger partial charge in [-0.05, 0) is 59.7 Å². The van der Waals surface area contributed by atoms with Gasteiger partial charge in [0.25, 0.3) is 0 Å². The molecule has 1 nitrogen and oxygen atoms in total. The van der Waals surface area contributed by atoms with Crippen molar-refractivity contribution in [3.8, 4) is 0 Å². The van der Waals surface area contributed by atoms with Crippen molar-refractivity contribution in [2.45, 2.75) is 38.6 Å². The zero-order valence-corrected chi connectivity index (χ0v) is 12.7. The fraction of sp³-hybridized carbons (Fsp3) is 0.333. The zero-order chi connectivity index (χ0) is 14.1. The van der Waals surface area contributed by atoms with E-state index in [9.17, 15) is 0 Å². The van der Waals surface area contributed by atoms with E-state index in [1.165, 1.54) is 22.4 Å². The van der Waals surface area contributed by atoms with Gasteiger partial charge < -0.3 is 5.32 Å². The van der Waals surface area contributed by atoms with E-state index in [1.54, 1.807) is 0 Å². The van der Waals surface area contributed by atoms with E-state index in [0.717, 1.165) is 17.9 Å². The fourth-order valence-corrected chi connectivity index (χ4v) is 3.12. The summed E-state index contributed by atoms with van der Waals surface area (Å²) in [5.74, 6) is 0.562. The summed E-state index contributed by atoms with van der Waals surface area (Å²) in [6, 6.07) is 15.4. The van der Waals surface area contributed by atoms with Crippen molar-refractivity contribution in [2.75, 3.05) is 5.32 Å². The first-order chi connectivity index (χ1) is 9.63. The van der Waals surface area contributed by atoms with Crippen LogP contribution in [0.25, 0.3) is 0 Å². The molecule has 1 aliphatic carbocycles. The van der Waals surface area contributed by atoms with Gasteiger partial charge in [-0.15, -0.1) is 0 Å². The molecule has 0 saturated heterocycles. The van der Waals surface area contributed by atoms with Gasteiger partial charge in [0.15, 0.2) is 0 Å². The van der Waals surface area contributed by atoms with Crippen molar-refractivity contribution in [3.63, 3.8) is 0 Å². The Morgan fingerprint density at radius 3 is 2.80 bits per heavy atom. The largest absolute Gasteiger partial charge is 0.378 e. The zero-order valence-electron chi connectivity index (χ0n) is 12.0. The summed E-state index contributed by atoms with van der Waals surface area (Å²) in [6.07, 6.45) is 2.25. The lowest BCUT2D eigenvalue weighted by molar-refractivity contribution is 0.761. The molecule has 0 spiro atoms. The van der Waals surface area contributed by atoms with Crippen molar-refractivity contribution < 1.29 is 0 Å².